The van der Waals surface area contributed by atoms with E-state index in [1.165, 1.54) is 11.1 Å². The molecule has 1 atom stereocenters. The van der Waals surface area contributed by atoms with E-state index in [-0.39, 0.29) is 6.10 Å². The third-order valence-corrected chi connectivity index (χ3v) is 3.74. The van der Waals surface area contributed by atoms with E-state index in [0.29, 0.717) is 5.92 Å². The monoisotopic (exact) mass is 263 g/mol. The Morgan fingerprint density at radius 1 is 1.32 bits per heavy atom. The molecule has 0 N–H and O–H groups in total. The first-order chi connectivity index (χ1) is 9.20. The lowest BCUT2D eigenvalue weighted by Gasteiger charge is -2.33. The van der Waals surface area contributed by atoms with Crippen molar-refractivity contribution in [2.45, 2.75) is 25.9 Å². The van der Waals surface area contributed by atoms with Crippen molar-refractivity contribution in [3.05, 3.63) is 35.4 Å². The van der Waals surface area contributed by atoms with Crippen molar-refractivity contribution in [3.8, 4) is 0 Å². The molecule has 2 rings (SSSR count). The van der Waals surface area contributed by atoms with E-state index in [1.54, 1.807) is 7.11 Å². The second kappa shape index (κ2) is 7.04. The Hall–Kier alpha value is -0.900. The zero-order valence-corrected chi connectivity index (χ0v) is 12.3. The van der Waals surface area contributed by atoms with Crippen LogP contribution >= 0.6 is 0 Å². The van der Waals surface area contributed by atoms with Crippen LogP contribution in [0.25, 0.3) is 0 Å². The van der Waals surface area contributed by atoms with Gasteiger partial charge in [-0.2, -0.15) is 0 Å². The minimum Gasteiger partial charge on any atom is -0.383 e. The lowest BCUT2D eigenvalue weighted by molar-refractivity contribution is -0.0356. The van der Waals surface area contributed by atoms with Crippen molar-refractivity contribution in [1.82, 2.24) is 4.90 Å². The van der Waals surface area contributed by atoms with Gasteiger partial charge in [-0.3, -0.25) is 4.90 Å². The summed E-state index contributed by atoms with van der Waals surface area (Å²) in [4.78, 5) is 2.41. The summed E-state index contributed by atoms with van der Waals surface area (Å²) in [5.41, 5.74) is 2.67. The zero-order valence-electron chi connectivity index (χ0n) is 12.3. The van der Waals surface area contributed by atoms with Gasteiger partial charge in [-0.25, -0.2) is 0 Å². The first kappa shape index (κ1) is 14.5. The number of rotatable bonds is 5. The molecule has 0 aromatic heterocycles. The Morgan fingerprint density at radius 3 is 2.68 bits per heavy atom. The van der Waals surface area contributed by atoms with Crippen LogP contribution in [0, 0.1) is 0 Å². The molecule has 0 amide bonds. The van der Waals surface area contributed by atoms with Crippen LogP contribution in [0.1, 0.15) is 37.0 Å². The SMILES string of the molecule is COCCN1CCOC(c2ccc(C(C)C)cc2)C1. The molecule has 3 heteroatoms. The van der Waals surface area contributed by atoms with Gasteiger partial charge in [0.15, 0.2) is 0 Å². The third kappa shape index (κ3) is 4.03. The van der Waals surface area contributed by atoms with Gasteiger partial charge in [0.05, 0.1) is 19.3 Å². The first-order valence-electron chi connectivity index (χ1n) is 7.13. The molecule has 0 aliphatic carbocycles. The molecule has 1 aromatic rings. The average molecular weight is 263 g/mol. The van der Waals surface area contributed by atoms with Gasteiger partial charge in [0.1, 0.15) is 0 Å². The number of benzene rings is 1. The van der Waals surface area contributed by atoms with Gasteiger partial charge >= 0.3 is 0 Å². The summed E-state index contributed by atoms with van der Waals surface area (Å²) in [6, 6.07) is 8.86. The molecule has 0 radical (unpaired) electrons. The molecule has 1 fully saturated rings. The predicted molar refractivity (Wildman–Crippen MR) is 77.5 cm³/mol. The molecule has 1 heterocycles. The van der Waals surface area contributed by atoms with Crippen molar-refractivity contribution in [2.75, 3.05) is 40.0 Å². The fourth-order valence-electron chi connectivity index (χ4n) is 2.42. The van der Waals surface area contributed by atoms with Gasteiger partial charge in [0, 0.05) is 26.7 Å². The topological polar surface area (TPSA) is 21.7 Å². The van der Waals surface area contributed by atoms with Gasteiger partial charge < -0.3 is 9.47 Å². The smallest absolute Gasteiger partial charge is 0.0952 e. The van der Waals surface area contributed by atoms with Crippen LogP contribution in [0.5, 0.6) is 0 Å². The van der Waals surface area contributed by atoms with Crippen LogP contribution in [0.15, 0.2) is 24.3 Å². The van der Waals surface area contributed by atoms with E-state index < -0.39 is 0 Å². The molecule has 1 aliphatic rings. The highest BCUT2D eigenvalue weighted by Crippen LogP contribution is 2.24. The third-order valence-electron chi connectivity index (χ3n) is 3.74. The quantitative estimate of drug-likeness (QED) is 0.815. The first-order valence-corrected chi connectivity index (χ1v) is 7.13. The van der Waals surface area contributed by atoms with E-state index in [4.69, 9.17) is 9.47 Å². The summed E-state index contributed by atoms with van der Waals surface area (Å²) < 4.78 is 11.0. The summed E-state index contributed by atoms with van der Waals surface area (Å²) >= 11 is 0. The lowest BCUT2D eigenvalue weighted by Crippen LogP contribution is -2.40. The van der Waals surface area contributed by atoms with Crippen molar-refractivity contribution >= 4 is 0 Å². The van der Waals surface area contributed by atoms with E-state index in [1.807, 2.05) is 0 Å². The van der Waals surface area contributed by atoms with Gasteiger partial charge in [0.25, 0.3) is 0 Å². The highest BCUT2D eigenvalue weighted by Gasteiger charge is 2.21. The van der Waals surface area contributed by atoms with E-state index in [9.17, 15) is 0 Å². The van der Waals surface area contributed by atoms with Crippen LogP contribution in [-0.2, 0) is 9.47 Å². The lowest BCUT2D eigenvalue weighted by atomic mass is 9.99. The van der Waals surface area contributed by atoms with Crippen molar-refractivity contribution < 1.29 is 9.47 Å². The van der Waals surface area contributed by atoms with Crippen LogP contribution in [0.4, 0.5) is 0 Å². The Labute approximate surface area is 116 Å². The maximum atomic E-state index is 5.89. The number of hydrogen-bond donors (Lipinski definition) is 0. The molecule has 0 bridgehead atoms. The fourth-order valence-corrected chi connectivity index (χ4v) is 2.42. The molecule has 0 spiro atoms. The largest absolute Gasteiger partial charge is 0.383 e. The second-order valence-corrected chi connectivity index (χ2v) is 5.47. The summed E-state index contributed by atoms with van der Waals surface area (Å²) in [7, 11) is 1.75. The average Bonchev–Trinajstić information content (AvgIpc) is 2.45. The molecular weight excluding hydrogens is 238 g/mol. The van der Waals surface area contributed by atoms with Crippen LogP contribution in [0.2, 0.25) is 0 Å². The highest BCUT2D eigenvalue weighted by atomic mass is 16.5. The number of morpholine rings is 1. The van der Waals surface area contributed by atoms with Crippen LogP contribution in [0.3, 0.4) is 0 Å². The van der Waals surface area contributed by atoms with Gasteiger partial charge in [-0.1, -0.05) is 38.1 Å². The molecule has 3 nitrogen and oxygen atoms in total. The molecule has 1 aliphatic heterocycles. The molecule has 1 aromatic carbocycles. The van der Waals surface area contributed by atoms with Gasteiger partial charge in [-0.15, -0.1) is 0 Å². The van der Waals surface area contributed by atoms with Crippen molar-refractivity contribution in [1.29, 1.82) is 0 Å². The van der Waals surface area contributed by atoms with E-state index >= 15 is 0 Å². The second-order valence-electron chi connectivity index (χ2n) is 5.47. The standard InChI is InChI=1S/C16H25NO2/c1-13(2)14-4-6-15(7-5-14)16-12-17(8-10-18-3)9-11-19-16/h4-7,13,16H,8-12H2,1-3H3. The molecule has 106 valence electrons. The number of ether oxygens (including phenoxy) is 2. The number of methoxy groups -OCH3 is 1. The maximum Gasteiger partial charge on any atom is 0.0952 e. The summed E-state index contributed by atoms with van der Waals surface area (Å²) in [5, 5.41) is 0. The Kier molecular flexibility index (Phi) is 5.37. The van der Waals surface area contributed by atoms with Gasteiger partial charge in [-0.05, 0) is 17.0 Å². The highest BCUT2D eigenvalue weighted by molar-refractivity contribution is 5.26. The number of hydrogen-bond acceptors (Lipinski definition) is 3. The van der Waals surface area contributed by atoms with Crippen LogP contribution < -0.4 is 0 Å². The van der Waals surface area contributed by atoms with Crippen molar-refractivity contribution in [3.63, 3.8) is 0 Å². The van der Waals surface area contributed by atoms with Crippen molar-refractivity contribution in [2.24, 2.45) is 0 Å². The minimum atomic E-state index is 0.201. The molecule has 1 saturated heterocycles. The molecule has 0 saturated carbocycles. The molecular formula is C16H25NO2. The van der Waals surface area contributed by atoms with Gasteiger partial charge in [0.2, 0.25) is 0 Å². The molecule has 19 heavy (non-hydrogen) atoms. The van der Waals surface area contributed by atoms with E-state index in [0.717, 1.165) is 32.8 Å². The normalized spacial score (nSPS) is 20.9. The number of nitrogens with zero attached hydrogens (tertiary/aromatic N) is 1. The summed E-state index contributed by atoms with van der Waals surface area (Å²) in [6.45, 7) is 8.99. The summed E-state index contributed by atoms with van der Waals surface area (Å²) in [6.07, 6.45) is 0.201. The molecule has 1 unspecified atom stereocenters. The zero-order chi connectivity index (χ0) is 13.7. The fraction of sp³-hybridized carbons (Fsp3) is 0.625. The summed E-state index contributed by atoms with van der Waals surface area (Å²) in [5.74, 6) is 0.583. The Balaban J connectivity index is 1.96. The Bertz CT molecular complexity index is 375. The van der Waals surface area contributed by atoms with E-state index in [2.05, 4.69) is 43.0 Å². The maximum absolute atomic E-state index is 5.89. The van der Waals surface area contributed by atoms with Crippen LogP contribution in [-0.4, -0.2) is 44.9 Å². The minimum absolute atomic E-state index is 0.201. The Morgan fingerprint density at radius 2 is 2.05 bits per heavy atom. The predicted octanol–water partition coefficient (Wildman–Crippen LogP) is 2.83.